The summed E-state index contributed by atoms with van der Waals surface area (Å²) in [6, 6.07) is 8.76. The summed E-state index contributed by atoms with van der Waals surface area (Å²) < 4.78 is 18.9. The van der Waals surface area contributed by atoms with Crippen LogP contribution < -0.4 is 4.90 Å². The van der Waals surface area contributed by atoms with Gasteiger partial charge >= 0.3 is 0 Å². The van der Waals surface area contributed by atoms with Crippen molar-refractivity contribution in [2.45, 2.75) is 26.8 Å². The standard InChI is InChI=1S/C19H16FN3O2/c1-11-3-4-13(6-16(11)20)14-7-18-17(21-9-14)8-19(24)23(18)10-15-5-12(2)25-22-15/h3-7,9H,8,10H2,1-2H3. The summed E-state index contributed by atoms with van der Waals surface area (Å²) in [5.74, 6) is 0.406. The smallest absolute Gasteiger partial charge is 0.233 e. The first-order chi connectivity index (χ1) is 12.0. The lowest BCUT2D eigenvalue weighted by molar-refractivity contribution is -0.117. The first kappa shape index (κ1) is 15.5. The van der Waals surface area contributed by atoms with Crippen LogP contribution in [-0.4, -0.2) is 16.0 Å². The van der Waals surface area contributed by atoms with E-state index in [-0.39, 0.29) is 18.1 Å². The highest BCUT2D eigenvalue weighted by Gasteiger charge is 2.29. The van der Waals surface area contributed by atoms with Gasteiger partial charge in [0.1, 0.15) is 17.3 Å². The molecular weight excluding hydrogens is 321 g/mol. The highest BCUT2D eigenvalue weighted by Crippen LogP contribution is 2.33. The van der Waals surface area contributed by atoms with E-state index in [0.717, 1.165) is 22.5 Å². The molecule has 0 saturated carbocycles. The number of hydrogen-bond acceptors (Lipinski definition) is 4. The molecule has 0 bridgehead atoms. The van der Waals surface area contributed by atoms with E-state index in [1.807, 2.05) is 19.1 Å². The molecule has 0 radical (unpaired) electrons. The topological polar surface area (TPSA) is 59.2 Å². The lowest BCUT2D eigenvalue weighted by atomic mass is 10.0. The number of carbonyl (C=O) groups excluding carboxylic acids is 1. The van der Waals surface area contributed by atoms with E-state index in [4.69, 9.17) is 4.52 Å². The van der Waals surface area contributed by atoms with E-state index in [1.165, 1.54) is 6.07 Å². The Hall–Kier alpha value is -3.02. The van der Waals surface area contributed by atoms with Crippen molar-refractivity contribution in [2.24, 2.45) is 0 Å². The largest absolute Gasteiger partial charge is 0.361 e. The molecule has 0 N–H and O–H groups in total. The average Bonchev–Trinajstić information content (AvgIpc) is 3.13. The summed E-state index contributed by atoms with van der Waals surface area (Å²) >= 11 is 0. The summed E-state index contributed by atoms with van der Waals surface area (Å²) in [6.07, 6.45) is 1.94. The Morgan fingerprint density at radius 1 is 1.20 bits per heavy atom. The second-order valence-corrected chi connectivity index (χ2v) is 6.24. The first-order valence-electron chi connectivity index (χ1n) is 7.99. The van der Waals surface area contributed by atoms with Crippen molar-refractivity contribution in [1.29, 1.82) is 0 Å². The number of hydrogen-bond donors (Lipinski definition) is 0. The van der Waals surface area contributed by atoms with Crippen molar-refractivity contribution >= 4 is 11.6 Å². The van der Waals surface area contributed by atoms with Gasteiger partial charge in [0.15, 0.2) is 0 Å². The molecule has 1 amide bonds. The zero-order valence-electron chi connectivity index (χ0n) is 13.9. The molecule has 6 heteroatoms. The maximum absolute atomic E-state index is 13.9. The first-order valence-corrected chi connectivity index (χ1v) is 7.99. The van der Waals surface area contributed by atoms with Crippen molar-refractivity contribution < 1.29 is 13.7 Å². The van der Waals surface area contributed by atoms with Gasteiger partial charge in [-0.2, -0.15) is 0 Å². The van der Waals surface area contributed by atoms with Crippen LogP contribution in [0.4, 0.5) is 10.1 Å². The number of benzene rings is 1. The summed E-state index contributed by atoms with van der Waals surface area (Å²) in [5, 5.41) is 3.95. The van der Waals surface area contributed by atoms with Gasteiger partial charge in [0.2, 0.25) is 5.91 Å². The summed E-state index contributed by atoms with van der Waals surface area (Å²) in [7, 11) is 0. The third-order valence-electron chi connectivity index (χ3n) is 4.36. The van der Waals surface area contributed by atoms with Crippen molar-refractivity contribution in [3.63, 3.8) is 0 Å². The molecule has 0 spiro atoms. The van der Waals surface area contributed by atoms with Gasteiger partial charge in [-0.3, -0.25) is 9.78 Å². The minimum Gasteiger partial charge on any atom is -0.361 e. The molecule has 4 rings (SSSR count). The molecule has 1 aliphatic heterocycles. The molecule has 0 aliphatic carbocycles. The zero-order valence-corrected chi connectivity index (χ0v) is 13.9. The number of aryl methyl sites for hydroxylation is 2. The molecule has 25 heavy (non-hydrogen) atoms. The van der Waals surface area contributed by atoms with Crippen LogP contribution in [0.5, 0.6) is 0 Å². The van der Waals surface area contributed by atoms with Crippen molar-refractivity contribution in [3.05, 3.63) is 65.1 Å². The minimum absolute atomic E-state index is 0.0320. The van der Waals surface area contributed by atoms with E-state index in [9.17, 15) is 9.18 Å². The van der Waals surface area contributed by atoms with Crippen LogP contribution in [0, 0.1) is 19.7 Å². The lowest BCUT2D eigenvalue weighted by Gasteiger charge is -2.16. The van der Waals surface area contributed by atoms with Crippen LogP contribution in [0.15, 0.2) is 41.1 Å². The summed E-state index contributed by atoms with van der Waals surface area (Å²) in [4.78, 5) is 18.4. The Bertz CT molecular complexity index is 981. The van der Waals surface area contributed by atoms with Gasteiger partial charge < -0.3 is 9.42 Å². The van der Waals surface area contributed by atoms with Crippen LogP contribution in [-0.2, 0) is 17.8 Å². The van der Waals surface area contributed by atoms with E-state index < -0.39 is 0 Å². The van der Waals surface area contributed by atoms with Gasteiger partial charge in [0.05, 0.1) is 24.3 Å². The second kappa shape index (κ2) is 5.81. The van der Waals surface area contributed by atoms with Crippen molar-refractivity contribution in [2.75, 3.05) is 4.90 Å². The number of fused-ring (bicyclic) bond motifs is 1. The molecule has 0 saturated heterocycles. The molecular formula is C19H16FN3O2. The van der Waals surface area contributed by atoms with E-state index >= 15 is 0 Å². The molecule has 3 heterocycles. The molecule has 0 fully saturated rings. The van der Waals surface area contributed by atoms with Gasteiger partial charge in [0.25, 0.3) is 0 Å². The summed E-state index contributed by atoms with van der Waals surface area (Å²) in [5.41, 5.74) is 4.25. The quantitative estimate of drug-likeness (QED) is 0.733. The number of aromatic nitrogens is 2. The van der Waals surface area contributed by atoms with Gasteiger partial charge in [-0.25, -0.2) is 4.39 Å². The van der Waals surface area contributed by atoms with Crippen LogP contribution in [0.1, 0.15) is 22.7 Å². The second-order valence-electron chi connectivity index (χ2n) is 6.24. The monoisotopic (exact) mass is 337 g/mol. The maximum atomic E-state index is 13.9. The van der Waals surface area contributed by atoms with Crippen LogP contribution in [0.3, 0.4) is 0 Å². The maximum Gasteiger partial charge on any atom is 0.233 e. The minimum atomic E-state index is -0.260. The average molecular weight is 337 g/mol. The van der Waals surface area contributed by atoms with E-state index in [2.05, 4.69) is 10.1 Å². The van der Waals surface area contributed by atoms with Crippen molar-refractivity contribution in [3.8, 4) is 11.1 Å². The molecule has 1 aromatic carbocycles. The molecule has 0 unspecified atom stereocenters. The number of amides is 1. The number of halogens is 1. The Balaban J connectivity index is 1.71. The van der Waals surface area contributed by atoms with E-state index in [1.54, 1.807) is 30.2 Å². The number of anilines is 1. The highest BCUT2D eigenvalue weighted by molar-refractivity contribution is 6.01. The Morgan fingerprint density at radius 2 is 2.04 bits per heavy atom. The normalized spacial score (nSPS) is 13.4. The Morgan fingerprint density at radius 3 is 2.76 bits per heavy atom. The predicted octanol–water partition coefficient (Wildman–Crippen LogP) is 3.58. The fourth-order valence-corrected chi connectivity index (χ4v) is 2.98. The fraction of sp³-hybridized carbons (Fsp3) is 0.211. The summed E-state index contributed by atoms with van der Waals surface area (Å²) in [6.45, 7) is 3.86. The van der Waals surface area contributed by atoms with Crippen LogP contribution in [0.2, 0.25) is 0 Å². The van der Waals surface area contributed by atoms with Crippen molar-refractivity contribution in [1.82, 2.24) is 10.1 Å². The fourth-order valence-electron chi connectivity index (χ4n) is 2.98. The molecule has 126 valence electrons. The number of nitrogens with zero attached hydrogens (tertiary/aromatic N) is 3. The van der Waals surface area contributed by atoms with Crippen LogP contribution in [0.25, 0.3) is 11.1 Å². The Labute approximate surface area is 144 Å². The van der Waals surface area contributed by atoms with Crippen LogP contribution >= 0.6 is 0 Å². The van der Waals surface area contributed by atoms with Gasteiger partial charge in [0, 0.05) is 17.8 Å². The van der Waals surface area contributed by atoms with Gasteiger partial charge in [-0.05, 0) is 37.1 Å². The van der Waals surface area contributed by atoms with Gasteiger partial charge in [-0.1, -0.05) is 17.3 Å². The third-order valence-corrected chi connectivity index (χ3v) is 4.36. The lowest BCUT2D eigenvalue weighted by Crippen LogP contribution is -2.26. The number of rotatable bonds is 3. The van der Waals surface area contributed by atoms with Gasteiger partial charge in [-0.15, -0.1) is 0 Å². The molecule has 2 aromatic heterocycles. The third kappa shape index (κ3) is 2.80. The molecule has 0 atom stereocenters. The SMILES string of the molecule is Cc1cc(CN2C(=O)Cc3ncc(-c4ccc(C)c(F)c4)cc32)no1. The zero-order chi connectivity index (χ0) is 17.6. The number of carbonyl (C=O) groups is 1. The predicted molar refractivity (Wildman–Crippen MR) is 90.5 cm³/mol. The molecule has 1 aliphatic rings. The number of pyridine rings is 1. The molecule has 5 nitrogen and oxygen atoms in total. The molecule has 3 aromatic rings. The van der Waals surface area contributed by atoms with E-state index in [0.29, 0.717) is 23.6 Å². The Kier molecular flexibility index (Phi) is 3.60. The highest BCUT2D eigenvalue weighted by atomic mass is 19.1.